The highest BCUT2D eigenvalue weighted by atomic mass is 32.2. The molecule has 0 unspecified atom stereocenters. The van der Waals surface area contributed by atoms with Crippen molar-refractivity contribution in [3.05, 3.63) is 79.1 Å². The van der Waals surface area contributed by atoms with Crippen LogP contribution in [0.25, 0.3) is 33.3 Å². The fraction of sp³-hybridized carbons (Fsp3) is 0.324. The zero-order valence-electron chi connectivity index (χ0n) is 27.8. The topological polar surface area (TPSA) is 148 Å². The molecule has 0 saturated heterocycles. The van der Waals surface area contributed by atoms with Gasteiger partial charge in [-0.05, 0) is 76.9 Å². The summed E-state index contributed by atoms with van der Waals surface area (Å²) in [6.45, 7) is 10.4. The van der Waals surface area contributed by atoms with Gasteiger partial charge in [-0.25, -0.2) is 22.8 Å². The molecular formula is C34H38N6O7S. The van der Waals surface area contributed by atoms with Crippen LogP contribution in [-0.4, -0.2) is 69.7 Å². The number of fused-ring (bicyclic) bond motifs is 1. The van der Waals surface area contributed by atoms with E-state index in [4.69, 9.17) is 14.2 Å². The van der Waals surface area contributed by atoms with Crippen molar-refractivity contribution in [3.63, 3.8) is 0 Å². The van der Waals surface area contributed by atoms with Crippen molar-refractivity contribution in [2.75, 3.05) is 18.0 Å². The number of rotatable bonds is 9. The van der Waals surface area contributed by atoms with E-state index in [1.54, 1.807) is 95.4 Å². The number of benzene rings is 1. The van der Waals surface area contributed by atoms with Gasteiger partial charge in [0.2, 0.25) is 10.9 Å². The van der Waals surface area contributed by atoms with Crippen LogP contribution in [0.15, 0.2) is 73.6 Å². The number of nitrogens with zero attached hydrogens (tertiary/aromatic N) is 6. The lowest BCUT2D eigenvalue weighted by Gasteiger charge is -2.24. The standard InChI is InChI=1S/C34H38N6O7S/c1-33(2,3)46-30(41)21-40(48(43)44)28-14-23(10-11-29(28)45-7)24-13-26-27(20-39(31(26)36-16-24)32(42)47-34(4,5)6)25-17-37-38(19-25)18-22-9-8-12-35-15-22/h8-17,19-20,48H,18,21H2,1-7H3. The number of anilines is 1. The molecule has 0 bridgehead atoms. The molecule has 0 spiro atoms. The van der Waals surface area contributed by atoms with Crippen molar-refractivity contribution >= 4 is 39.7 Å². The second-order valence-corrected chi connectivity index (χ2v) is 14.0. The van der Waals surface area contributed by atoms with Gasteiger partial charge in [0, 0.05) is 53.1 Å². The van der Waals surface area contributed by atoms with Crippen molar-refractivity contribution in [1.29, 1.82) is 0 Å². The van der Waals surface area contributed by atoms with Crippen molar-refractivity contribution in [2.45, 2.75) is 59.3 Å². The summed E-state index contributed by atoms with van der Waals surface area (Å²) in [5.74, 6) is -0.470. The largest absolute Gasteiger partial charge is 0.495 e. The fourth-order valence-electron chi connectivity index (χ4n) is 5.01. The summed E-state index contributed by atoms with van der Waals surface area (Å²) < 4.78 is 45.4. The lowest BCUT2D eigenvalue weighted by atomic mass is 10.0. The molecule has 1 aromatic carbocycles. The molecule has 0 fully saturated rings. The number of thiol groups is 1. The molecule has 0 atom stereocenters. The molecule has 13 nitrogen and oxygen atoms in total. The van der Waals surface area contributed by atoms with Gasteiger partial charge in [0.1, 0.15) is 29.1 Å². The average Bonchev–Trinajstić information content (AvgIpc) is 3.62. The Kier molecular flexibility index (Phi) is 9.57. The molecule has 48 heavy (non-hydrogen) atoms. The molecule has 5 aromatic rings. The van der Waals surface area contributed by atoms with Crippen LogP contribution in [0.1, 0.15) is 47.1 Å². The van der Waals surface area contributed by atoms with Crippen LogP contribution in [0.2, 0.25) is 0 Å². The Labute approximate surface area is 280 Å². The predicted molar refractivity (Wildman–Crippen MR) is 181 cm³/mol. The van der Waals surface area contributed by atoms with Gasteiger partial charge in [-0.15, -0.1) is 0 Å². The molecule has 4 heterocycles. The van der Waals surface area contributed by atoms with Crippen molar-refractivity contribution < 1.29 is 32.2 Å². The Hall–Kier alpha value is -5.24. The SMILES string of the molecule is COc1ccc(-c2cnc3c(c2)c(-c2cnn(Cc4cccnc4)c2)cn3C(=O)OC(C)(C)C)cc1N(CC(=O)OC(C)(C)C)[SH](=O)=O. The maximum absolute atomic E-state index is 13.3. The van der Waals surface area contributed by atoms with Gasteiger partial charge >= 0.3 is 12.1 Å². The van der Waals surface area contributed by atoms with Crippen molar-refractivity contribution in [1.82, 2.24) is 24.3 Å². The summed E-state index contributed by atoms with van der Waals surface area (Å²) in [4.78, 5) is 34.8. The summed E-state index contributed by atoms with van der Waals surface area (Å²) in [5, 5.41) is 5.17. The summed E-state index contributed by atoms with van der Waals surface area (Å²) in [6, 6.07) is 10.7. The molecule has 252 valence electrons. The molecule has 5 rings (SSSR count). The van der Waals surface area contributed by atoms with Gasteiger partial charge in [0.15, 0.2) is 0 Å². The Balaban J connectivity index is 1.59. The minimum Gasteiger partial charge on any atom is -0.495 e. The van der Waals surface area contributed by atoms with E-state index in [9.17, 15) is 18.0 Å². The first-order valence-electron chi connectivity index (χ1n) is 15.1. The minimum absolute atomic E-state index is 0.153. The zero-order valence-corrected chi connectivity index (χ0v) is 28.7. The molecule has 0 saturated carbocycles. The molecule has 4 aromatic heterocycles. The predicted octanol–water partition coefficient (Wildman–Crippen LogP) is 5.48. The number of methoxy groups -OCH3 is 1. The van der Waals surface area contributed by atoms with Crippen LogP contribution in [0.5, 0.6) is 5.75 Å². The van der Waals surface area contributed by atoms with E-state index in [0.29, 0.717) is 34.3 Å². The lowest BCUT2D eigenvalue weighted by Crippen LogP contribution is -2.34. The summed E-state index contributed by atoms with van der Waals surface area (Å²) >= 11 is 0. The number of hydrogen-bond acceptors (Lipinski definition) is 10. The summed E-state index contributed by atoms with van der Waals surface area (Å²) in [5.41, 5.74) is 2.60. The smallest absolute Gasteiger partial charge is 0.420 e. The van der Waals surface area contributed by atoms with E-state index in [0.717, 1.165) is 15.4 Å². The fourth-order valence-corrected chi connectivity index (χ4v) is 5.57. The number of carbonyl (C=O) groups is 2. The Morgan fingerprint density at radius 2 is 1.65 bits per heavy atom. The van der Waals surface area contributed by atoms with E-state index < -0.39 is 40.7 Å². The molecule has 0 radical (unpaired) electrons. The monoisotopic (exact) mass is 674 g/mol. The van der Waals surface area contributed by atoms with E-state index in [1.807, 2.05) is 24.4 Å². The van der Waals surface area contributed by atoms with Crippen LogP contribution >= 0.6 is 0 Å². The number of ether oxygens (including phenoxy) is 3. The van der Waals surface area contributed by atoms with E-state index >= 15 is 0 Å². The van der Waals surface area contributed by atoms with Gasteiger partial charge < -0.3 is 14.2 Å². The molecule has 0 N–H and O–H groups in total. The molecular weight excluding hydrogens is 636 g/mol. The first-order chi connectivity index (χ1) is 22.6. The maximum Gasteiger partial charge on any atom is 0.420 e. The highest BCUT2D eigenvalue weighted by Gasteiger charge is 2.25. The third-order valence-electron chi connectivity index (χ3n) is 6.93. The van der Waals surface area contributed by atoms with Crippen LogP contribution < -0.4 is 9.04 Å². The molecule has 0 aliphatic carbocycles. The van der Waals surface area contributed by atoms with Gasteiger partial charge in [-0.1, -0.05) is 12.1 Å². The molecule has 0 aliphatic rings. The quantitative estimate of drug-likeness (QED) is 0.158. The zero-order chi connectivity index (χ0) is 34.8. The van der Waals surface area contributed by atoms with Crippen LogP contribution in [-0.2, 0) is 31.7 Å². The Morgan fingerprint density at radius 3 is 2.29 bits per heavy atom. The van der Waals surface area contributed by atoms with E-state index in [1.165, 1.54) is 11.7 Å². The summed E-state index contributed by atoms with van der Waals surface area (Å²) in [6.07, 6.45) is 9.72. The van der Waals surface area contributed by atoms with Gasteiger partial charge in [0.25, 0.3) is 0 Å². The number of hydrogen-bond donors (Lipinski definition) is 1. The number of pyridine rings is 2. The molecule has 14 heteroatoms. The lowest BCUT2D eigenvalue weighted by molar-refractivity contribution is -0.152. The third kappa shape index (κ3) is 8.00. The minimum atomic E-state index is -3.24. The van der Waals surface area contributed by atoms with Gasteiger partial charge in [0.05, 0.1) is 25.5 Å². The van der Waals surface area contributed by atoms with Crippen LogP contribution in [0, 0.1) is 0 Å². The third-order valence-corrected chi connectivity index (χ3v) is 7.68. The first-order valence-corrected chi connectivity index (χ1v) is 16.2. The molecule has 0 amide bonds. The van der Waals surface area contributed by atoms with Crippen LogP contribution in [0.4, 0.5) is 10.5 Å². The highest BCUT2D eigenvalue weighted by Crippen LogP contribution is 2.37. The van der Waals surface area contributed by atoms with Gasteiger partial charge in [-0.2, -0.15) is 5.10 Å². The summed E-state index contributed by atoms with van der Waals surface area (Å²) in [7, 11) is -1.83. The maximum atomic E-state index is 13.3. The average molecular weight is 675 g/mol. The van der Waals surface area contributed by atoms with Gasteiger partial charge in [-0.3, -0.25) is 18.8 Å². The second kappa shape index (κ2) is 13.5. The Morgan fingerprint density at radius 1 is 0.896 bits per heavy atom. The number of carbonyl (C=O) groups excluding carboxylic acids is 2. The first kappa shape index (κ1) is 34.1. The van der Waals surface area contributed by atoms with Crippen molar-refractivity contribution in [2.24, 2.45) is 0 Å². The number of aromatic nitrogens is 5. The van der Waals surface area contributed by atoms with Crippen molar-refractivity contribution in [3.8, 4) is 28.0 Å². The second-order valence-electron chi connectivity index (χ2n) is 13.0. The Bertz CT molecular complexity index is 2030. The number of esters is 1. The van der Waals surface area contributed by atoms with E-state index in [2.05, 4.69) is 15.1 Å². The van der Waals surface area contributed by atoms with E-state index in [-0.39, 0.29) is 11.4 Å². The highest BCUT2D eigenvalue weighted by molar-refractivity contribution is 7.74. The normalized spacial score (nSPS) is 11.9. The van der Waals surface area contributed by atoms with Crippen LogP contribution in [0.3, 0.4) is 0 Å². The molecule has 0 aliphatic heterocycles.